The summed E-state index contributed by atoms with van der Waals surface area (Å²) in [4.78, 5) is 5.17. The first kappa shape index (κ1) is 20.9. The molecule has 8 heteroatoms. The number of fused-ring (bicyclic) bond motifs is 1. The van der Waals surface area contributed by atoms with Gasteiger partial charge in [0.25, 0.3) is 0 Å². The number of rotatable bonds is 7. The van der Waals surface area contributed by atoms with E-state index in [0.29, 0.717) is 19.0 Å². The molecule has 0 aliphatic rings. The van der Waals surface area contributed by atoms with Crippen LogP contribution >= 0.6 is 11.3 Å². The highest BCUT2D eigenvalue weighted by molar-refractivity contribution is 7.19. The van der Waals surface area contributed by atoms with E-state index in [1.165, 1.54) is 4.70 Å². The number of nitrogens with one attached hydrogen (secondary N) is 2. The van der Waals surface area contributed by atoms with Gasteiger partial charge >= 0.3 is 0 Å². The summed E-state index contributed by atoms with van der Waals surface area (Å²) in [6.45, 7) is 0.884. The Hall–Kier alpha value is -3.36. The van der Waals surface area contributed by atoms with Crippen LogP contribution in [0.3, 0.4) is 0 Å². The first-order valence-corrected chi connectivity index (χ1v) is 10.8. The SMILES string of the molecule is CN=C(NCc1ccn(-c2ccc(OC)cc2)n1)NCC(O)c1cc2ccccc2s1. The van der Waals surface area contributed by atoms with Crippen LogP contribution in [-0.2, 0) is 6.54 Å². The zero-order valence-corrected chi connectivity index (χ0v) is 18.3. The Labute approximate surface area is 185 Å². The van der Waals surface area contributed by atoms with E-state index in [1.54, 1.807) is 25.5 Å². The minimum absolute atomic E-state index is 0.368. The molecule has 0 amide bonds. The quantitative estimate of drug-likeness (QED) is 0.306. The van der Waals surface area contributed by atoms with Crippen molar-refractivity contribution in [1.82, 2.24) is 20.4 Å². The van der Waals surface area contributed by atoms with Gasteiger partial charge in [0, 0.05) is 29.4 Å². The third kappa shape index (κ3) is 5.04. The average Bonchev–Trinajstić information content (AvgIpc) is 3.46. The van der Waals surface area contributed by atoms with Crippen molar-refractivity contribution in [2.24, 2.45) is 4.99 Å². The second kappa shape index (κ2) is 9.63. The molecule has 31 heavy (non-hydrogen) atoms. The minimum atomic E-state index is -0.606. The van der Waals surface area contributed by atoms with Crippen molar-refractivity contribution in [3.05, 3.63) is 77.4 Å². The van der Waals surface area contributed by atoms with Crippen molar-refractivity contribution < 1.29 is 9.84 Å². The topological polar surface area (TPSA) is 83.7 Å². The molecule has 4 aromatic rings. The van der Waals surface area contributed by atoms with Crippen LogP contribution in [0.15, 0.2) is 71.9 Å². The van der Waals surface area contributed by atoms with Crippen LogP contribution in [0.5, 0.6) is 5.75 Å². The molecule has 0 bridgehead atoms. The van der Waals surface area contributed by atoms with Crippen molar-refractivity contribution in [3.63, 3.8) is 0 Å². The zero-order valence-electron chi connectivity index (χ0n) is 17.4. The maximum atomic E-state index is 10.6. The molecule has 0 radical (unpaired) electrons. The van der Waals surface area contributed by atoms with Crippen LogP contribution in [-0.4, -0.2) is 41.5 Å². The van der Waals surface area contributed by atoms with Gasteiger partial charge in [-0.3, -0.25) is 4.99 Å². The Morgan fingerprint density at radius 1 is 1.16 bits per heavy atom. The average molecular weight is 436 g/mol. The van der Waals surface area contributed by atoms with Crippen LogP contribution in [0, 0.1) is 0 Å². The first-order valence-electron chi connectivity index (χ1n) is 9.96. The Morgan fingerprint density at radius 3 is 2.71 bits per heavy atom. The van der Waals surface area contributed by atoms with Crippen molar-refractivity contribution >= 4 is 27.4 Å². The third-order valence-electron chi connectivity index (χ3n) is 4.88. The van der Waals surface area contributed by atoms with Gasteiger partial charge in [0.05, 0.1) is 25.0 Å². The van der Waals surface area contributed by atoms with E-state index in [0.717, 1.165) is 27.4 Å². The number of guanidine groups is 1. The number of methoxy groups -OCH3 is 1. The van der Waals surface area contributed by atoms with E-state index >= 15 is 0 Å². The van der Waals surface area contributed by atoms with Gasteiger partial charge in [0.2, 0.25) is 0 Å². The highest BCUT2D eigenvalue weighted by Gasteiger charge is 2.12. The molecule has 0 saturated heterocycles. The molecule has 0 aliphatic carbocycles. The van der Waals surface area contributed by atoms with Gasteiger partial charge in [0.1, 0.15) is 11.9 Å². The number of thiophene rings is 1. The Morgan fingerprint density at radius 2 is 1.97 bits per heavy atom. The maximum Gasteiger partial charge on any atom is 0.191 e. The van der Waals surface area contributed by atoms with Crippen LogP contribution in [0.2, 0.25) is 0 Å². The van der Waals surface area contributed by atoms with Crippen molar-refractivity contribution in [2.45, 2.75) is 12.6 Å². The molecule has 2 heterocycles. The fourth-order valence-corrected chi connectivity index (χ4v) is 4.24. The highest BCUT2D eigenvalue weighted by Crippen LogP contribution is 2.29. The van der Waals surface area contributed by atoms with Gasteiger partial charge in [-0.2, -0.15) is 5.10 Å². The summed E-state index contributed by atoms with van der Waals surface area (Å²) in [5.41, 5.74) is 1.84. The van der Waals surface area contributed by atoms with E-state index < -0.39 is 6.10 Å². The van der Waals surface area contributed by atoms with Crippen molar-refractivity contribution in [3.8, 4) is 11.4 Å². The van der Waals surface area contributed by atoms with E-state index in [4.69, 9.17) is 4.74 Å². The lowest BCUT2D eigenvalue weighted by atomic mass is 10.2. The van der Waals surface area contributed by atoms with E-state index in [-0.39, 0.29) is 0 Å². The molecule has 7 nitrogen and oxygen atoms in total. The number of aliphatic hydroxyl groups is 1. The molecule has 4 rings (SSSR count). The number of hydrogen-bond donors (Lipinski definition) is 3. The largest absolute Gasteiger partial charge is 0.497 e. The number of benzene rings is 2. The number of aliphatic imine (C=N–C) groups is 1. The molecule has 3 N–H and O–H groups in total. The van der Waals surface area contributed by atoms with E-state index in [9.17, 15) is 5.11 Å². The minimum Gasteiger partial charge on any atom is -0.497 e. The van der Waals surface area contributed by atoms with E-state index in [2.05, 4.69) is 32.9 Å². The van der Waals surface area contributed by atoms with Gasteiger partial charge < -0.3 is 20.5 Å². The second-order valence-corrected chi connectivity index (χ2v) is 8.07. The van der Waals surface area contributed by atoms with Crippen LogP contribution in [0.25, 0.3) is 15.8 Å². The second-order valence-electron chi connectivity index (χ2n) is 6.96. The van der Waals surface area contributed by atoms with Crippen molar-refractivity contribution in [1.29, 1.82) is 0 Å². The van der Waals surface area contributed by atoms with Gasteiger partial charge in [-0.25, -0.2) is 4.68 Å². The molecular formula is C23H25N5O2S. The summed E-state index contributed by atoms with van der Waals surface area (Å²) < 4.78 is 8.18. The molecule has 0 spiro atoms. The number of aliphatic hydroxyl groups excluding tert-OH is 1. The van der Waals surface area contributed by atoms with Crippen LogP contribution < -0.4 is 15.4 Å². The number of ether oxygens (including phenoxy) is 1. The predicted octanol–water partition coefficient (Wildman–Crippen LogP) is 3.49. The molecule has 2 aromatic heterocycles. The molecular weight excluding hydrogens is 410 g/mol. The summed E-state index contributed by atoms with van der Waals surface area (Å²) >= 11 is 1.61. The lowest BCUT2D eigenvalue weighted by molar-refractivity contribution is 0.184. The monoisotopic (exact) mass is 435 g/mol. The molecule has 0 fully saturated rings. The number of hydrogen-bond acceptors (Lipinski definition) is 5. The highest BCUT2D eigenvalue weighted by atomic mass is 32.1. The summed E-state index contributed by atoms with van der Waals surface area (Å²) in [6, 6.07) is 19.9. The lowest BCUT2D eigenvalue weighted by Crippen LogP contribution is -2.39. The van der Waals surface area contributed by atoms with Gasteiger partial charge in [-0.1, -0.05) is 18.2 Å². The molecule has 2 aromatic carbocycles. The Kier molecular flexibility index (Phi) is 6.49. The molecule has 1 unspecified atom stereocenters. The summed E-state index contributed by atoms with van der Waals surface area (Å²) in [5.74, 6) is 1.42. The lowest BCUT2D eigenvalue weighted by Gasteiger charge is -2.14. The maximum absolute atomic E-state index is 10.6. The summed E-state index contributed by atoms with van der Waals surface area (Å²) in [7, 11) is 3.35. The molecule has 0 saturated carbocycles. The molecule has 160 valence electrons. The number of aromatic nitrogens is 2. The van der Waals surface area contributed by atoms with Gasteiger partial charge in [-0.15, -0.1) is 11.3 Å². The Balaban J connectivity index is 1.30. The summed E-state index contributed by atoms with van der Waals surface area (Å²) in [6.07, 6.45) is 1.31. The standard InChI is InChI=1S/C23H25N5O2S/c1-24-23(26-15-20(29)22-13-16-5-3-4-6-21(16)31-22)25-14-17-11-12-28(27-17)18-7-9-19(30-2)10-8-18/h3-13,20,29H,14-15H2,1-2H3,(H2,24,25,26). The van der Waals surface area contributed by atoms with Crippen LogP contribution in [0.1, 0.15) is 16.7 Å². The number of nitrogens with zero attached hydrogens (tertiary/aromatic N) is 3. The zero-order chi connectivity index (χ0) is 21.6. The molecule has 0 aliphatic heterocycles. The van der Waals surface area contributed by atoms with Crippen molar-refractivity contribution in [2.75, 3.05) is 20.7 Å². The fourth-order valence-electron chi connectivity index (χ4n) is 3.19. The summed E-state index contributed by atoms with van der Waals surface area (Å²) in [5, 5.41) is 22.7. The molecule has 1 atom stereocenters. The fraction of sp³-hybridized carbons (Fsp3) is 0.217. The Bertz CT molecular complexity index is 1130. The normalized spacial score (nSPS) is 12.7. The third-order valence-corrected chi connectivity index (χ3v) is 6.10. The smallest absolute Gasteiger partial charge is 0.191 e. The van der Waals surface area contributed by atoms with Gasteiger partial charge in [-0.05, 0) is 47.9 Å². The van der Waals surface area contributed by atoms with Gasteiger partial charge in [0.15, 0.2) is 5.96 Å². The predicted molar refractivity (Wildman–Crippen MR) is 125 cm³/mol. The van der Waals surface area contributed by atoms with Crippen LogP contribution in [0.4, 0.5) is 0 Å². The van der Waals surface area contributed by atoms with E-state index in [1.807, 2.05) is 59.4 Å². The first-order chi connectivity index (χ1) is 15.2.